The highest BCUT2D eigenvalue weighted by Gasteiger charge is 2.36. The normalized spacial score (nSPS) is 19.2. The van der Waals surface area contributed by atoms with Gasteiger partial charge in [-0.25, -0.2) is 4.79 Å². The molecule has 0 saturated carbocycles. The number of rotatable bonds is 4. The predicted molar refractivity (Wildman–Crippen MR) is 241 cm³/mol. The maximum atomic E-state index is 12.6. The van der Waals surface area contributed by atoms with E-state index in [1.165, 1.54) is 0 Å². The minimum Gasteiger partial charge on any atom is -0.444 e. The van der Waals surface area contributed by atoms with Gasteiger partial charge in [-0.05, 0) is 148 Å². The first-order chi connectivity index (χ1) is 28.1. The number of ketones is 2. The monoisotopic (exact) mass is 962 g/mol. The highest BCUT2D eigenvalue weighted by atomic mass is 79.9. The Hall–Kier alpha value is -3.75. The molecule has 2 atom stereocenters. The van der Waals surface area contributed by atoms with E-state index in [9.17, 15) is 14.4 Å². The number of fused-ring (bicyclic) bond motifs is 4. The molecule has 4 heterocycles. The number of amides is 1. The number of hydrogen-bond acceptors (Lipinski definition) is 9. The molecule has 4 aromatic rings. The van der Waals surface area contributed by atoms with Gasteiger partial charge in [0.2, 0.25) is 0 Å². The summed E-state index contributed by atoms with van der Waals surface area (Å²) in [5, 5.41) is 4.62. The van der Waals surface area contributed by atoms with E-state index >= 15 is 0 Å². The van der Waals surface area contributed by atoms with Crippen LogP contribution in [0.4, 0.5) is 4.79 Å². The largest absolute Gasteiger partial charge is 0.444 e. The molecule has 2 fully saturated rings. The van der Waals surface area contributed by atoms with Crippen LogP contribution in [-0.2, 0) is 14.3 Å². The van der Waals surface area contributed by atoms with Gasteiger partial charge in [-0.3, -0.25) is 29.4 Å². The maximum absolute atomic E-state index is 12.6. The lowest BCUT2D eigenvalue weighted by atomic mass is 9.92. The Morgan fingerprint density at radius 3 is 1.56 bits per heavy atom. The summed E-state index contributed by atoms with van der Waals surface area (Å²) in [5.74, 6) is 0.000222. The lowest BCUT2D eigenvalue weighted by Gasteiger charge is -2.40. The number of hydrogen-bond donors (Lipinski definition) is 1. The second-order valence-electron chi connectivity index (χ2n) is 16.0. The Labute approximate surface area is 372 Å². The summed E-state index contributed by atoms with van der Waals surface area (Å²) < 4.78 is 7.29. The molecule has 59 heavy (non-hydrogen) atoms. The van der Waals surface area contributed by atoms with Crippen molar-refractivity contribution in [1.29, 1.82) is 0 Å². The Kier molecular flexibility index (Phi) is 13.3. The van der Waals surface area contributed by atoms with E-state index in [4.69, 9.17) is 37.9 Å². The van der Waals surface area contributed by atoms with Crippen LogP contribution in [0, 0.1) is 0 Å². The second-order valence-corrected chi connectivity index (χ2v) is 18.7. The van der Waals surface area contributed by atoms with E-state index in [0.29, 0.717) is 47.4 Å². The molecule has 8 rings (SSSR count). The summed E-state index contributed by atoms with van der Waals surface area (Å²) in [5.41, 5.74) is 8.29. The first-order valence-electron chi connectivity index (χ1n) is 19.6. The number of piperazine rings is 2. The number of halogens is 4. The second kappa shape index (κ2) is 18.1. The number of nitrogens with zero attached hydrogens (tertiary/aromatic N) is 5. The van der Waals surface area contributed by atoms with Gasteiger partial charge in [0, 0.05) is 94.9 Å². The lowest BCUT2D eigenvalue weighted by Crippen LogP contribution is -2.51. The van der Waals surface area contributed by atoms with Crippen LogP contribution in [-0.4, -0.2) is 100 Å². The highest BCUT2D eigenvalue weighted by Crippen LogP contribution is 2.43. The molecule has 1 amide bonds. The molecular weight excluding hydrogens is 919 g/mol. The fraction of sp³-hybridized carbons (Fsp3) is 0.356. The summed E-state index contributed by atoms with van der Waals surface area (Å²) in [4.78, 5) is 53.6. The third-order valence-corrected chi connectivity index (χ3v) is 12.1. The van der Waals surface area contributed by atoms with Crippen molar-refractivity contribution in [2.45, 2.75) is 52.3 Å². The molecule has 0 radical (unpaired) electrons. The molecule has 10 nitrogen and oxygen atoms in total. The van der Waals surface area contributed by atoms with Gasteiger partial charge in [0.05, 0.1) is 23.5 Å². The third-order valence-electron chi connectivity index (χ3n) is 10.8. The van der Waals surface area contributed by atoms with E-state index in [1.54, 1.807) is 24.9 Å². The Bertz CT molecular complexity index is 2370. The molecule has 2 unspecified atom stereocenters. The number of allylic oxidation sites excluding steroid dienone is 2. The third kappa shape index (κ3) is 9.75. The topological polar surface area (TPSA) is 108 Å². The van der Waals surface area contributed by atoms with E-state index in [1.807, 2.05) is 87.7 Å². The smallest absolute Gasteiger partial charge is 0.410 e. The molecule has 2 aromatic carbocycles. The van der Waals surface area contributed by atoms with Gasteiger partial charge >= 0.3 is 6.09 Å². The molecular formula is C45H46Br2Cl2N6O4. The number of carbonyl (C=O) groups excluding carboxylic acids is 3. The first-order valence-corrected chi connectivity index (χ1v) is 21.9. The Morgan fingerprint density at radius 1 is 0.695 bits per heavy atom. The molecule has 14 heteroatoms. The molecule has 2 aliphatic carbocycles. The lowest BCUT2D eigenvalue weighted by molar-refractivity contribution is -0.112. The minimum absolute atomic E-state index is 0.000525. The molecule has 0 bridgehead atoms. The van der Waals surface area contributed by atoms with E-state index in [0.717, 1.165) is 79.9 Å². The van der Waals surface area contributed by atoms with Gasteiger partial charge in [-0.15, -0.1) is 0 Å². The fourth-order valence-corrected chi connectivity index (χ4v) is 9.17. The summed E-state index contributed by atoms with van der Waals surface area (Å²) in [7, 11) is 0. The zero-order valence-electron chi connectivity index (χ0n) is 33.6. The van der Waals surface area contributed by atoms with Crippen molar-refractivity contribution in [3.05, 3.63) is 125 Å². The molecule has 2 saturated heterocycles. The Balaban J connectivity index is 0.000000184. The van der Waals surface area contributed by atoms with Gasteiger partial charge < -0.3 is 15.0 Å². The van der Waals surface area contributed by atoms with Gasteiger partial charge in [0.25, 0.3) is 0 Å². The molecule has 0 spiro atoms. The highest BCUT2D eigenvalue weighted by molar-refractivity contribution is 9.10. The zero-order valence-corrected chi connectivity index (χ0v) is 38.3. The maximum Gasteiger partial charge on any atom is 0.410 e. The first kappa shape index (κ1) is 43.3. The quantitative estimate of drug-likeness (QED) is 0.214. The van der Waals surface area contributed by atoms with Crippen LogP contribution in [0.1, 0.15) is 91.5 Å². The van der Waals surface area contributed by atoms with Crippen molar-refractivity contribution in [3.63, 3.8) is 0 Å². The van der Waals surface area contributed by atoms with Crippen LogP contribution in [0.2, 0.25) is 10.0 Å². The number of carbonyl (C=O) groups is 3. The van der Waals surface area contributed by atoms with Crippen molar-refractivity contribution in [2.75, 3.05) is 52.4 Å². The van der Waals surface area contributed by atoms with Crippen molar-refractivity contribution in [3.8, 4) is 0 Å². The molecule has 4 aliphatic rings. The van der Waals surface area contributed by atoms with Crippen LogP contribution in [0.25, 0.3) is 23.3 Å². The molecule has 308 valence electrons. The van der Waals surface area contributed by atoms with Crippen LogP contribution in [0.3, 0.4) is 0 Å². The SMILES string of the molecule is CC(=O)C1=Cc2cc(Br)cnc2C(N2CCN(C(=O)OC(C)(C)C)CC2)c2ccc(Cl)cc21.CC(=O)C1=Cc2cc(Br)cnc2C(N2CCNCC2)c2ccc(Cl)cc21. The van der Waals surface area contributed by atoms with Gasteiger partial charge in [-0.1, -0.05) is 35.3 Å². The van der Waals surface area contributed by atoms with Crippen molar-refractivity contribution >= 4 is 96.0 Å². The van der Waals surface area contributed by atoms with Crippen molar-refractivity contribution < 1.29 is 19.1 Å². The number of pyridine rings is 2. The van der Waals surface area contributed by atoms with Gasteiger partial charge in [0.1, 0.15) is 5.60 Å². The van der Waals surface area contributed by atoms with Crippen LogP contribution >= 0.6 is 55.1 Å². The summed E-state index contributed by atoms with van der Waals surface area (Å²) in [6.45, 7) is 14.9. The summed E-state index contributed by atoms with van der Waals surface area (Å²) in [6, 6.07) is 15.4. The summed E-state index contributed by atoms with van der Waals surface area (Å²) in [6.07, 6.45) is 7.17. The minimum atomic E-state index is -0.529. The van der Waals surface area contributed by atoms with Gasteiger partial charge in [0.15, 0.2) is 11.6 Å². The summed E-state index contributed by atoms with van der Waals surface area (Å²) >= 11 is 19.7. The molecule has 1 N–H and O–H groups in total. The predicted octanol–water partition coefficient (Wildman–Crippen LogP) is 9.52. The zero-order chi connectivity index (χ0) is 42.2. The van der Waals surface area contributed by atoms with Gasteiger partial charge in [-0.2, -0.15) is 0 Å². The van der Waals surface area contributed by atoms with E-state index in [2.05, 4.69) is 47.0 Å². The van der Waals surface area contributed by atoms with Crippen LogP contribution in [0.5, 0.6) is 0 Å². The standard InChI is InChI=1S/C25H27BrClN3O3.C20H19BrClN3O/c1-15(31)20-12-16-11-17(26)14-28-22(16)23(19-6-5-18(27)13-21(19)20)29-7-9-30(10-8-29)24(32)33-25(2,3)4;1-12(26)17-9-13-8-14(21)11-24-19(13)20(25-6-4-23-5-7-25)16-3-2-15(22)10-18(16)17/h5-6,11-14,23H,7-10H2,1-4H3;2-3,8-11,20,23H,4-7H2,1H3. The van der Waals surface area contributed by atoms with E-state index < -0.39 is 5.60 Å². The van der Waals surface area contributed by atoms with Crippen LogP contribution < -0.4 is 5.32 Å². The fourth-order valence-electron chi connectivity index (χ4n) is 8.13. The number of aromatic nitrogens is 2. The Morgan fingerprint density at radius 2 is 1.14 bits per heavy atom. The molecule has 2 aromatic heterocycles. The van der Waals surface area contributed by atoms with Crippen molar-refractivity contribution in [2.24, 2.45) is 0 Å². The average Bonchev–Trinajstić information content (AvgIpc) is 3.41. The number of benzene rings is 2. The van der Waals surface area contributed by atoms with Crippen molar-refractivity contribution in [1.82, 2.24) is 30.0 Å². The number of Topliss-reactive ketones (excluding diaryl/α,β-unsaturated/α-hetero) is 2. The number of ether oxygens (including phenoxy) is 1. The van der Waals surface area contributed by atoms with E-state index in [-0.39, 0.29) is 29.7 Å². The average molecular weight is 966 g/mol. The number of nitrogens with one attached hydrogen (secondary N) is 1. The van der Waals surface area contributed by atoms with Crippen LogP contribution in [0.15, 0.2) is 69.9 Å². The molecule has 2 aliphatic heterocycles.